The molecular formula is C32H38ClN5O6S. The van der Waals surface area contributed by atoms with E-state index in [1.165, 1.54) is 33.5 Å². The van der Waals surface area contributed by atoms with Crippen LogP contribution in [0, 0.1) is 21.4 Å². The summed E-state index contributed by atoms with van der Waals surface area (Å²) < 4.78 is 33.3. The number of hydrogen-bond donors (Lipinski definition) is 0. The van der Waals surface area contributed by atoms with Crippen LogP contribution >= 0.6 is 12.4 Å². The zero-order valence-corrected chi connectivity index (χ0v) is 26.7. The molecule has 3 aromatic rings. The zero-order chi connectivity index (χ0) is 31.5. The van der Waals surface area contributed by atoms with Crippen molar-refractivity contribution in [3.8, 4) is 6.07 Å². The fraction of sp³-hybridized carbons (Fsp3) is 0.375. The second-order valence-corrected chi connectivity index (χ2v) is 12.9. The van der Waals surface area contributed by atoms with Gasteiger partial charge < -0.3 is 9.64 Å². The molecule has 11 nitrogen and oxygen atoms in total. The summed E-state index contributed by atoms with van der Waals surface area (Å²) in [5.41, 5.74) is 1.65. The van der Waals surface area contributed by atoms with E-state index in [1.807, 2.05) is 30.3 Å². The van der Waals surface area contributed by atoms with Gasteiger partial charge in [0.2, 0.25) is 10.0 Å². The third kappa shape index (κ3) is 9.73. The Morgan fingerprint density at radius 1 is 1.04 bits per heavy atom. The molecule has 45 heavy (non-hydrogen) atoms. The molecule has 0 radical (unpaired) electrons. The highest BCUT2D eigenvalue weighted by Crippen LogP contribution is 2.26. The number of hydrogen-bond acceptors (Lipinski definition) is 8. The van der Waals surface area contributed by atoms with Crippen LogP contribution < -0.4 is 0 Å². The number of rotatable bonds is 13. The number of carbonyl (C=O) groups excluding carboxylic acids is 1. The minimum Gasteiger partial charge on any atom is -0.445 e. The molecule has 1 heterocycles. The molecule has 1 saturated heterocycles. The van der Waals surface area contributed by atoms with Gasteiger partial charge in [-0.15, -0.1) is 12.4 Å². The first-order chi connectivity index (χ1) is 21.2. The molecule has 1 aliphatic rings. The van der Waals surface area contributed by atoms with Crippen LogP contribution in [0.15, 0.2) is 89.8 Å². The summed E-state index contributed by atoms with van der Waals surface area (Å²) in [6, 6.07) is 26.1. The smallest absolute Gasteiger partial charge is 0.411 e. The van der Waals surface area contributed by atoms with Gasteiger partial charge in [-0.05, 0) is 67.1 Å². The summed E-state index contributed by atoms with van der Waals surface area (Å²) >= 11 is 0. The third-order valence-corrected chi connectivity index (χ3v) is 9.81. The van der Waals surface area contributed by atoms with Crippen molar-refractivity contribution in [1.82, 2.24) is 14.1 Å². The van der Waals surface area contributed by atoms with Crippen LogP contribution in [0.5, 0.6) is 0 Å². The van der Waals surface area contributed by atoms with Crippen LogP contribution in [0.4, 0.5) is 10.5 Å². The number of sulfonamides is 1. The SMILES string of the molecule is CN(C[C@@H](CCN1CCC(N(CC#N)C(=O)OCc2ccc([N+](=O)[O-])cc2)CC1)c1ccccc1)S(=O)(=O)c1ccccc1.Cl. The van der Waals surface area contributed by atoms with Gasteiger partial charge in [0.05, 0.1) is 15.9 Å². The van der Waals surface area contributed by atoms with Crippen molar-refractivity contribution >= 4 is 34.2 Å². The monoisotopic (exact) mass is 655 g/mol. The number of halogens is 1. The van der Waals surface area contributed by atoms with Gasteiger partial charge in [-0.25, -0.2) is 17.5 Å². The van der Waals surface area contributed by atoms with E-state index in [9.17, 15) is 28.6 Å². The van der Waals surface area contributed by atoms with Crippen molar-refractivity contribution in [3.63, 3.8) is 0 Å². The summed E-state index contributed by atoms with van der Waals surface area (Å²) in [7, 11) is -2.01. The second kappa shape index (κ2) is 16.9. The Kier molecular flexibility index (Phi) is 13.3. The summed E-state index contributed by atoms with van der Waals surface area (Å²) in [6.07, 6.45) is 1.51. The number of benzene rings is 3. The summed E-state index contributed by atoms with van der Waals surface area (Å²) in [5.74, 6) is -0.0121. The lowest BCUT2D eigenvalue weighted by Gasteiger charge is -2.37. The number of nitrogens with zero attached hydrogens (tertiary/aromatic N) is 5. The maximum Gasteiger partial charge on any atom is 0.411 e. The van der Waals surface area contributed by atoms with E-state index >= 15 is 0 Å². The number of nitro groups is 1. The predicted octanol–water partition coefficient (Wildman–Crippen LogP) is 5.44. The number of non-ortho nitro benzene ring substituents is 1. The van der Waals surface area contributed by atoms with Gasteiger partial charge in [0.1, 0.15) is 13.2 Å². The van der Waals surface area contributed by atoms with Gasteiger partial charge in [0.25, 0.3) is 5.69 Å². The average molecular weight is 656 g/mol. The van der Waals surface area contributed by atoms with Crippen LogP contribution in [-0.4, -0.2) is 79.4 Å². The quantitative estimate of drug-likeness (QED) is 0.135. The number of likely N-dealkylation sites (tertiary alicyclic amines) is 1. The van der Waals surface area contributed by atoms with Crippen molar-refractivity contribution in [3.05, 3.63) is 106 Å². The fourth-order valence-corrected chi connectivity index (χ4v) is 6.66. The van der Waals surface area contributed by atoms with Crippen molar-refractivity contribution < 1.29 is 22.9 Å². The molecule has 1 atom stereocenters. The molecule has 0 N–H and O–H groups in total. The van der Waals surface area contributed by atoms with Crippen LogP contribution in [-0.2, 0) is 21.4 Å². The highest BCUT2D eigenvalue weighted by atomic mass is 35.5. The maximum atomic E-state index is 13.2. The van der Waals surface area contributed by atoms with E-state index < -0.39 is 21.0 Å². The van der Waals surface area contributed by atoms with E-state index in [2.05, 4.69) is 11.0 Å². The fourth-order valence-electron chi connectivity index (χ4n) is 5.42. The predicted molar refractivity (Wildman–Crippen MR) is 172 cm³/mol. The van der Waals surface area contributed by atoms with E-state index in [1.54, 1.807) is 37.4 Å². The zero-order valence-electron chi connectivity index (χ0n) is 25.1. The van der Waals surface area contributed by atoms with Crippen LogP contribution in [0.25, 0.3) is 0 Å². The first-order valence-corrected chi connectivity index (χ1v) is 16.0. The summed E-state index contributed by atoms with van der Waals surface area (Å²) in [6.45, 7) is 2.40. The second-order valence-electron chi connectivity index (χ2n) is 10.8. The van der Waals surface area contributed by atoms with Crippen LogP contribution in [0.1, 0.15) is 36.3 Å². The molecule has 1 amide bonds. The largest absolute Gasteiger partial charge is 0.445 e. The molecule has 1 fully saturated rings. The van der Waals surface area contributed by atoms with E-state index in [0.29, 0.717) is 24.9 Å². The molecule has 13 heteroatoms. The Morgan fingerprint density at radius 2 is 1.64 bits per heavy atom. The number of piperidine rings is 1. The minimum absolute atomic E-state index is 0. The van der Waals surface area contributed by atoms with Gasteiger partial charge in [0, 0.05) is 44.9 Å². The number of carbonyl (C=O) groups is 1. The first kappa shape index (κ1) is 35.5. The summed E-state index contributed by atoms with van der Waals surface area (Å²) in [4.78, 5) is 27.3. The maximum absolute atomic E-state index is 13.2. The van der Waals surface area contributed by atoms with Gasteiger partial charge in [-0.3, -0.25) is 15.0 Å². The number of amides is 1. The van der Waals surface area contributed by atoms with Crippen LogP contribution in [0.2, 0.25) is 0 Å². The Hall–Kier alpha value is -4.02. The van der Waals surface area contributed by atoms with Crippen molar-refractivity contribution in [2.75, 3.05) is 39.8 Å². The van der Waals surface area contributed by atoms with Crippen molar-refractivity contribution in [2.45, 2.75) is 42.7 Å². The molecule has 1 aliphatic heterocycles. The Balaban J connectivity index is 0.00000552. The molecule has 0 unspecified atom stereocenters. The van der Waals surface area contributed by atoms with Crippen molar-refractivity contribution in [1.29, 1.82) is 5.26 Å². The molecule has 4 rings (SSSR count). The highest BCUT2D eigenvalue weighted by molar-refractivity contribution is 7.89. The molecule has 0 spiro atoms. The number of nitro benzene ring substituents is 1. The van der Waals surface area contributed by atoms with Gasteiger partial charge in [-0.1, -0.05) is 48.5 Å². The van der Waals surface area contributed by atoms with Gasteiger partial charge in [-0.2, -0.15) is 5.26 Å². The van der Waals surface area contributed by atoms with E-state index in [-0.39, 0.29) is 48.1 Å². The molecule has 3 aromatic carbocycles. The van der Waals surface area contributed by atoms with Crippen LogP contribution in [0.3, 0.4) is 0 Å². The Labute approximate surface area is 270 Å². The average Bonchev–Trinajstić information content (AvgIpc) is 3.05. The Bertz CT molecular complexity index is 1530. The normalized spacial score (nSPS) is 14.6. The lowest BCUT2D eigenvalue weighted by molar-refractivity contribution is -0.384. The van der Waals surface area contributed by atoms with Gasteiger partial charge in [0.15, 0.2) is 0 Å². The molecule has 0 bridgehead atoms. The lowest BCUT2D eigenvalue weighted by Crippen LogP contribution is -2.48. The standard InChI is InChI=1S/C32H37N5O6S.ClH/c1-34(44(41,42)31-10-6-3-7-11-31)24-28(27-8-4-2-5-9-27)16-20-35-21-17-29(18-22-35)36(23-19-33)32(38)43-25-26-12-14-30(15-13-26)37(39)40;/h2-15,28-29H,16-18,20-25H2,1H3;1H/t28-;/m1./s1. The molecule has 0 aromatic heterocycles. The molecule has 0 aliphatic carbocycles. The molecule has 0 saturated carbocycles. The minimum atomic E-state index is -3.63. The summed E-state index contributed by atoms with van der Waals surface area (Å²) in [5, 5.41) is 20.2. The Morgan fingerprint density at radius 3 is 2.22 bits per heavy atom. The molecular weight excluding hydrogens is 618 g/mol. The van der Waals surface area contributed by atoms with E-state index in [4.69, 9.17) is 4.74 Å². The number of nitriles is 1. The van der Waals surface area contributed by atoms with Gasteiger partial charge >= 0.3 is 6.09 Å². The highest BCUT2D eigenvalue weighted by Gasteiger charge is 2.30. The lowest BCUT2D eigenvalue weighted by atomic mass is 9.94. The topological polar surface area (TPSA) is 137 Å². The number of likely N-dealkylation sites (N-methyl/N-ethyl adjacent to an activating group) is 1. The van der Waals surface area contributed by atoms with Crippen molar-refractivity contribution in [2.24, 2.45) is 0 Å². The van der Waals surface area contributed by atoms with E-state index in [0.717, 1.165) is 31.6 Å². The first-order valence-electron chi connectivity index (χ1n) is 14.5. The third-order valence-electron chi connectivity index (χ3n) is 7.98. The number of ether oxygens (including phenoxy) is 1. The molecule has 240 valence electrons.